The Hall–Kier alpha value is -3.10. The van der Waals surface area contributed by atoms with E-state index in [2.05, 4.69) is 16.4 Å². The third kappa shape index (κ3) is 3.70. The van der Waals surface area contributed by atoms with Crippen molar-refractivity contribution in [2.45, 2.75) is 18.5 Å². The van der Waals surface area contributed by atoms with Crippen LogP contribution >= 0.6 is 0 Å². The molecule has 2 atom stereocenters. The molecule has 0 aliphatic heterocycles. The van der Waals surface area contributed by atoms with Crippen LogP contribution in [-0.2, 0) is 16.0 Å². The largest absolute Gasteiger partial charge is 0.468 e. The lowest BCUT2D eigenvalue weighted by Gasteiger charge is -2.20. The van der Waals surface area contributed by atoms with Crippen LogP contribution in [0.2, 0.25) is 0 Å². The van der Waals surface area contributed by atoms with Crippen LogP contribution in [0.15, 0.2) is 60.8 Å². The summed E-state index contributed by atoms with van der Waals surface area (Å²) in [6, 6.07) is 18.3. The molecule has 0 saturated carbocycles. The quantitative estimate of drug-likeness (QED) is 0.680. The first kappa shape index (κ1) is 16.7. The Kier molecular flexibility index (Phi) is 5.12. The summed E-state index contributed by atoms with van der Waals surface area (Å²) in [4.78, 5) is 15.5. The Morgan fingerprint density at radius 3 is 2.64 bits per heavy atom. The predicted molar refractivity (Wildman–Crippen MR) is 95.7 cm³/mol. The Labute approximate surface area is 146 Å². The van der Waals surface area contributed by atoms with Crippen molar-refractivity contribution in [1.82, 2.24) is 10.3 Å². The van der Waals surface area contributed by atoms with Gasteiger partial charge in [-0.2, -0.15) is 5.26 Å². The summed E-state index contributed by atoms with van der Waals surface area (Å²) in [6.45, 7) is 0. The highest BCUT2D eigenvalue weighted by molar-refractivity contribution is 5.84. The molecular formula is C20H19N3O2. The van der Waals surface area contributed by atoms with E-state index in [1.807, 2.05) is 60.8 Å². The second-order valence-corrected chi connectivity index (χ2v) is 5.78. The van der Waals surface area contributed by atoms with E-state index in [-0.39, 0.29) is 5.97 Å². The van der Waals surface area contributed by atoms with Gasteiger partial charge in [0.05, 0.1) is 13.2 Å². The normalized spacial score (nSPS) is 13.1. The fourth-order valence-electron chi connectivity index (χ4n) is 2.93. The van der Waals surface area contributed by atoms with Crippen LogP contribution < -0.4 is 5.32 Å². The van der Waals surface area contributed by atoms with Crippen molar-refractivity contribution in [2.75, 3.05) is 7.11 Å². The van der Waals surface area contributed by atoms with Gasteiger partial charge < -0.3 is 9.72 Å². The van der Waals surface area contributed by atoms with Gasteiger partial charge in [0.15, 0.2) is 0 Å². The number of aromatic nitrogens is 1. The zero-order chi connectivity index (χ0) is 17.6. The zero-order valence-electron chi connectivity index (χ0n) is 13.9. The molecule has 0 radical (unpaired) electrons. The summed E-state index contributed by atoms with van der Waals surface area (Å²) in [5, 5.41) is 13.7. The van der Waals surface area contributed by atoms with E-state index in [0.717, 1.165) is 22.0 Å². The first-order valence-electron chi connectivity index (χ1n) is 8.06. The van der Waals surface area contributed by atoms with Gasteiger partial charge in [-0.3, -0.25) is 10.1 Å². The molecular weight excluding hydrogens is 314 g/mol. The van der Waals surface area contributed by atoms with Gasteiger partial charge in [-0.1, -0.05) is 48.5 Å². The Balaban J connectivity index is 1.85. The number of ether oxygens (including phenoxy) is 1. The third-order valence-electron chi connectivity index (χ3n) is 4.21. The number of hydrogen-bond donors (Lipinski definition) is 2. The molecule has 5 nitrogen and oxygen atoms in total. The van der Waals surface area contributed by atoms with Gasteiger partial charge in [0, 0.05) is 23.5 Å². The average Bonchev–Trinajstić information content (AvgIpc) is 3.08. The minimum atomic E-state index is -0.617. The van der Waals surface area contributed by atoms with E-state index in [1.165, 1.54) is 7.11 Å². The van der Waals surface area contributed by atoms with E-state index < -0.39 is 12.1 Å². The lowest BCUT2D eigenvalue weighted by atomic mass is 10.0. The molecule has 0 bridgehead atoms. The van der Waals surface area contributed by atoms with Crippen molar-refractivity contribution in [3.05, 3.63) is 71.9 Å². The lowest BCUT2D eigenvalue weighted by molar-refractivity contribution is -0.143. The van der Waals surface area contributed by atoms with Crippen LogP contribution in [0.3, 0.4) is 0 Å². The average molecular weight is 333 g/mol. The van der Waals surface area contributed by atoms with Crippen LogP contribution in [0.1, 0.15) is 17.2 Å². The highest BCUT2D eigenvalue weighted by Crippen LogP contribution is 2.21. The van der Waals surface area contributed by atoms with E-state index >= 15 is 0 Å². The number of carbonyl (C=O) groups excluding carboxylic acids is 1. The Morgan fingerprint density at radius 1 is 1.20 bits per heavy atom. The molecule has 0 fully saturated rings. The van der Waals surface area contributed by atoms with Crippen molar-refractivity contribution in [3.63, 3.8) is 0 Å². The zero-order valence-corrected chi connectivity index (χ0v) is 13.9. The van der Waals surface area contributed by atoms with Gasteiger partial charge in [-0.25, -0.2) is 0 Å². The summed E-state index contributed by atoms with van der Waals surface area (Å²) in [5.41, 5.74) is 2.84. The maximum atomic E-state index is 12.3. The van der Waals surface area contributed by atoms with Crippen LogP contribution in [-0.4, -0.2) is 24.1 Å². The summed E-state index contributed by atoms with van der Waals surface area (Å²) < 4.78 is 4.93. The molecule has 0 aliphatic rings. The topological polar surface area (TPSA) is 77.9 Å². The monoisotopic (exact) mass is 333 g/mol. The van der Waals surface area contributed by atoms with E-state index in [4.69, 9.17) is 4.74 Å². The molecule has 126 valence electrons. The van der Waals surface area contributed by atoms with Gasteiger partial charge in [-0.05, 0) is 17.2 Å². The fraction of sp³-hybridized carbons (Fsp3) is 0.200. The first-order chi connectivity index (χ1) is 12.2. The summed E-state index contributed by atoms with van der Waals surface area (Å²) in [5.74, 6) is -0.388. The summed E-state index contributed by atoms with van der Waals surface area (Å²) >= 11 is 0. The van der Waals surface area contributed by atoms with Gasteiger partial charge >= 0.3 is 5.97 Å². The number of esters is 1. The number of methoxy groups -OCH3 is 1. The molecule has 25 heavy (non-hydrogen) atoms. The molecule has 1 aromatic heterocycles. The number of nitrogens with zero attached hydrogens (tertiary/aromatic N) is 1. The maximum absolute atomic E-state index is 12.3. The van der Waals surface area contributed by atoms with Crippen LogP contribution in [0.4, 0.5) is 0 Å². The third-order valence-corrected chi connectivity index (χ3v) is 4.21. The van der Waals surface area contributed by atoms with Crippen LogP contribution in [0.25, 0.3) is 10.9 Å². The molecule has 3 rings (SSSR count). The van der Waals surface area contributed by atoms with Crippen molar-refractivity contribution >= 4 is 16.9 Å². The minimum absolute atomic E-state index is 0.388. The van der Waals surface area contributed by atoms with Gasteiger partial charge in [0.1, 0.15) is 12.1 Å². The number of benzene rings is 2. The number of rotatable bonds is 6. The highest BCUT2D eigenvalue weighted by atomic mass is 16.5. The lowest BCUT2D eigenvalue weighted by Crippen LogP contribution is -2.41. The highest BCUT2D eigenvalue weighted by Gasteiger charge is 2.25. The Bertz CT molecular complexity index is 896. The number of aromatic amines is 1. The van der Waals surface area contributed by atoms with Gasteiger partial charge in [0.25, 0.3) is 0 Å². The number of carbonyl (C=O) groups is 1. The van der Waals surface area contributed by atoms with Crippen LogP contribution in [0.5, 0.6) is 0 Å². The van der Waals surface area contributed by atoms with Crippen molar-refractivity contribution in [1.29, 1.82) is 5.26 Å². The molecule has 0 unspecified atom stereocenters. The molecule has 0 amide bonds. The van der Waals surface area contributed by atoms with Gasteiger partial charge in [-0.15, -0.1) is 0 Å². The summed E-state index contributed by atoms with van der Waals surface area (Å²) in [7, 11) is 1.36. The molecule has 2 aromatic carbocycles. The summed E-state index contributed by atoms with van der Waals surface area (Å²) in [6.07, 6.45) is 2.33. The SMILES string of the molecule is COC(=O)[C@H](Cc1c[nH]c2ccccc12)N[C@H](C#N)c1ccccc1. The molecule has 5 heteroatoms. The van der Waals surface area contributed by atoms with Crippen molar-refractivity contribution < 1.29 is 9.53 Å². The van der Waals surface area contributed by atoms with E-state index in [0.29, 0.717) is 6.42 Å². The second kappa shape index (κ2) is 7.65. The molecule has 0 spiro atoms. The number of H-pyrrole nitrogens is 1. The van der Waals surface area contributed by atoms with Crippen LogP contribution in [0, 0.1) is 11.3 Å². The Morgan fingerprint density at radius 2 is 1.92 bits per heavy atom. The molecule has 0 saturated heterocycles. The fourth-order valence-corrected chi connectivity index (χ4v) is 2.93. The minimum Gasteiger partial charge on any atom is -0.468 e. The molecule has 2 N–H and O–H groups in total. The molecule has 0 aliphatic carbocycles. The van der Waals surface area contributed by atoms with Crippen molar-refractivity contribution in [2.24, 2.45) is 0 Å². The smallest absolute Gasteiger partial charge is 0.323 e. The predicted octanol–water partition coefficient (Wildman–Crippen LogP) is 3.11. The number of fused-ring (bicyclic) bond motifs is 1. The number of nitriles is 1. The van der Waals surface area contributed by atoms with Gasteiger partial charge in [0.2, 0.25) is 0 Å². The number of para-hydroxylation sites is 1. The second-order valence-electron chi connectivity index (χ2n) is 5.78. The molecule has 1 heterocycles. The number of nitrogens with one attached hydrogen (secondary N) is 2. The number of hydrogen-bond acceptors (Lipinski definition) is 4. The van der Waals surface area contributed by atoms with E-state index in [1.54, 1.807) is 0 Å². The van der Waals surface area contributed by atoms with E-state index in [9.17, 15) is 10.1 Å². The first-order valence-corrected chi connectivity index (χ1v) is 8.06. The molecule has 3 aromatic rings. The standard InChI is InChI=1S/C20H19N3O2/c1-25-20(24)18(23-19(12-21)14-7-3-2-4-8-14)11-15-13-22-17-10-6-5-9-16(15)17/h2-10,13,18-19,22-23H,11H2,1H3/t18-,19+/m0/s1. The maximum Gasteiger partial charge on any atom is 0.323 e. The van der Waals surface area contributed by atoms with Crippen molar-refractivity contribution in [3.8, 4) is 6.07 Å².